The molecule has 0 aliphatic rings. The fourth-order valence-electron chi connectivity index (χ4n) is 2.34. The summed E-state index contributed by atoms with van der Waals surface area (Å²) in [4.78, 5) is 13.4. The van der Waals surface area contributed by atoms with Crippen molar-refractivity contribution in [3.8, 4) is 0 Å². The fraction of sp³-hybridized carbons (Fsp3) is 0.350. The molecule has 24 heavy (non-hydrogen) atoms. The second-order valence-corrected chi connectivity index (χ2v) is 7.63. The standard InChI is InChI=1S/C20H23ClO2S/c1-4-23-20(22)19(13-15-5-9-17(21)10-6-15)24-18-11-7-16(8-12-18)14(2)3/h5-12,14,19H,4,13H2,1-3H3. The summed E-state index contributed by atoms with van der Waals surface area (Å²) in [6.45, 7) is 6.57. The number of thioether (sulfide) groups is 1. The van der Waals surface area contributed by atoms with Gasteiger partial charge < -0.3 is 4.74 Å². The Morgan fingerprint density at radius 1 is 1.08 bits per heavy atom. The van der Waals surface area contributed by atoms with E-state index < -0.39 is 0 Å². The van der Waals surface area contributed by atoms with E-state index in [2.05, 4.69) is 38.1 Å². The zero-order valence-corrected chi connectivity index (χ0v) is 15.9. The summed E-state index contributed by atoms with van der Waals surface area (Å²) in [5.74, 6) is 0.323. The number of carbonyl (C=O) groups excluding carboxylic acids is 1. The fourth-order valence-corrected chi connectivity index (χ4v) is 3.53. The minimum Gasteiger partial charge on any atom is -0.465 e. The molecule has 0 radical (unpaired) electrons. The molecule has 0 N–H and O–H groups in total. The van der Waals surface area contributed by atoms with Crippen LogP contribution in [-0.2, 0) is 16.0 Å². The molecule has 2 nitrogen and oxygen atoms in total. The lowest BCUT2D eigenvalue weighted by Crippen LogP contribution is -2.22. The Morgan fingerprint density at radius 2 is 1.71 bits per heavy atom. The Balaban J connectivity index is 2.13. The third kappa shape index (κ3) is 5.57. The maximum absolute atomic E-state index is 12.3. The summed E-state index contributed by atoms with van der Waals surface area (Å²) in [5.41, 5.74) is 2.37. The molecule has 0 saturated heterocycles. The van der Waals surface area contributed by atoms with Crippen LogP contribution in [0, 0.1) is 0 Å². The van der Waals surface area contributed by atoms with E-state index in [1.807, 2.05) is 31.2 Å². The Kier molecular flexibility index (Phi) is 7.19. The van der Waals surface area contributed by atoms with Crippen molar-refractivity contribution in [2.75, 3.05) is 6.61 Å². The zero-order valence-electron chi connectivity index (χ0n) is 14.3. The summed E-state index contributed by atoms with van der Waals surface area (Å²) >= 11 is 7.48. The van der Waals surface area contributed by atoms with Gasteiger partial charge in [-0.15, -0.1) is 11.8 Å². The highest BCUT2D eigenvalue weighted by molar-refractivity contribution is 8.00. The maximum atomic E-state index is 12.3. The Labute approximate surface area is 153 Å². The van der Waals surface area contributed by atoms with Crippen LogP contribution in [-0.4, -0.2) is 17.8 Å². The van der Waals surface area contributed by atoms with Crippen LogP contribution in [0.15, 0.2) is 53.4 Å². The molecule has 0 fully saturated rings. The van der Waals surface area contributed by atoms with E-state index in [0.717, 1.165) is 10.5 Å². The van der Waals surface area contributed by atoms with Crippen LogP contribution in [0.25, 0.3) is 0 Å². The van der Waals surface area contributed by atoms with E-state index >= 15 is 0 Å². The predicted molar refractivity (Wildman–Crippen MR) is 102 cm³/mol. The highest BCUT2D eigenvalue weighted by Crippen LogP contribution is 2.28. The van der Waals surface area contributed by atoms with Crippen molar-refractivity contribution in [2.45, 2.75) is 43.3 Å². The molecule has 128 valence electrons. The first-order valence-corrected chi connectivity index (χ1v) is 9.43. The number of rotatable bonds is 7. The minimum absolute atomic E-state index is 0.176. The van der Waals surface area contributed by atoms with Crippen molar-refractivity contribution in [2.24, 2.45) is 0 Å². The van der Waals surface area contributed by atoms with Gasteiger partial charge in [0.05, 0.1) is 6.61 Å². The monoisotopic (exact) mass is 362 g/mol. The van der Waals surface area contributed by atoms with Crippen molar-refractivity contribution in [1.82, 2.24) is 0 Å². The van der Waals surface area contributed by atoms with Gasteiger partial charge in [0.25, 0.3) is 0 Å². The van der Waals surface area contributed by atoms with Crippen molar-refractivity contribution >= 4 is 29.3 Å². The average Bonchev–Trinajstić information content (AvgIpc) is 2.57. The van der Waals surface area contributed by atoms with E-state index in [-0.39, 0.29) is 11.2 Å². The molecule has 0 spiro atoms. The van der Waals surface area contributed by atoms with Gasteiger partial charge in [0.1, 0.15) is 5.25 Å². The Bertz CT molecular complexity index is 650. The number of ether oxygens (including phenoxy) is 1. The number of esters is 1. The van der Waals surface area contributed by atoms with Crippen molar-refractivity contribution < 1.29 is 9.53 Å². The molecule has 1 atom stereocenters. The smallest absolute Gasteiger partial charge is 0.319 e. The van der Waals surface area contributed by atoms with Gasteiger partial charge >= 0.3 is 5.97 Å². The van der Waals surface area contributed by atoms with Crippen LogP contribution in [0.3, 0.4) is 0 Å². The molecule has 2 aromatic rings. The van der Waals surface area contributed by atoms with Gasteiger partial charge in [0.2, 0.25) is 0 Å². The van der Waals surface area contributed by atoms with Gasteiger partial charge in [0, 0.05) is 9.92 Å². The quantitative estimate of drug-likeness (QED) is 0.464. The van der Waals surface area contributed by atoms with Crippen LogP contribution in [0.2, 0.25) is 5.02 Å². The molecule has 0 bridgehead atoms. The number of benzene rings is 2. The first-order chi connectivity index (χ1) is 11.5. The van der Waals surface area contributed by atoms with E-state index in [9.17, 15) is 4.79 Å². The van der Waals surface area contributed by atoms with E-state index in [1.165, 1.54) is 5.56 Å². The summed E-state index contributed by atoms with van der Waals surface area (Å²) in [6, 6.07) is 16.0. The maximum Gasteiger partial charge on any atom is 0.319 e. The second kappa shape index (κ2) is 9.14. The SMILES string of the molecule is CCOC(=O)C(Cc1ccc(Cl)cc1)Sc1ccc(C(C)C)cc1. The van der Waals surface area contributed by atoms with Gasteiger partial charge in [0.15, 0.2) is 0 Å². The van der Waals surface area contributed by atoms with Crippen molar-refractivity contribution in [3.63, 3.8) is 0 Å². The molecule has 2 rings (SSSR count). The van der Waals surface area contributed by atoms with Crippen LogP contribution >= 0.6 is 23.4 Å². The molecule has 4 heteroatoms. The Hall–Kier alpha value is -1.45. The van der Waals surface area contributed by atoms with Gasteiger partial charge in [-0.05, 0) is 54.7 Å². The Morgan fingerprint density at radius 3 is 2.25 bits per heavy atom. The molecule has 0 amide bonds. The largest absolute Gasteiger partial charge is 0.465 e. The first kappa shape index (κ1) is 18.9. The zero-order chi connectivity index (χ0) is 17.5. The van der Waals surface area contributed by atoms with Crippen LogP contribution in [0.4, 0.5) is 0 Å². The molecule has 0 aromatic heterocycles. The van der Waals surface area contributed by atoms with Crippen molar-refractivity contribution in [1.29, 1.82) is 0 Å². The molecule has 2 aromatic carbocycles. The predicted octanol–water partition coefficient (Wildman–Crippen LogP) is 5.73. The van der Waals surface area contributed by atoms with Crippen LogP contribution in [0.5, 0.6) is 0 Å². The van der Waals surface area contributed by atoms with Gasteiger partial charge in [-0.3, -0.25) is 4.79 Å². The lowest BCUT2D eigenvalue weighted by molar-refractivity contribution is -0.142. The normalized spacial score (nSPS) is 12.2. The van der Waals surface area contributed by atoms with Gasteiger partial charge in [-0.1, -0.05) is 49.7 Å². The minimum atomic E-state index is -0.268. The lowest BCUT2D eigenvalue weighted by atomic mass is 10.0. The molecule has 0 saturated carbocycles. The molecule has 0 aliphatic carbocycles. The third-order valence-electron chi connectivity index (χ3n) is 3.71. The molecule has 1 unspecified atom stereocenters. The van der Waals surface area contributed by atoms with Gasteiger partial charge in [-0.25, -0.2) is 0 Å². The number of carbonyl (C=O) groups is 1. The second-order valence-electron chi connectivity index (χ2n) is 5.91. The third-order valence-corrected chi connectivity index (χ3v) is 5.15. The number of hydrogen-bond donors (Lipinski definition) is 0. The summed E-state index contributed by atoms with van der Waals surface area (Å²) < 4.78 is 5.25. The van der Waals surface area contributed by atoms with E-state index in [0.29, 0.717) is 24.0 Å². The molecular formula is C20H23ClO2S. The van der Waals surface area contributed by atoms with Crippen molar-refractivity contribution in [3.05, 3.63) is 64.7 Å². The van der Waals surface area contributed by atoms with Gasteiger partial charge in [-0.2, -0.15) is 0 Å². The first-order valence-electron chi connectivity index (χ1n) is 8.17. The highest BCUT2D eigenvalue weighted by Gasteiger charge is 2.22. The highest BCUT2D eigenvalue weighted by atomic mass is 35.5. The summed E-state index contributed by atoms with van der Waals surface area (Å²) in [5, 5.41) is 0.430. The van der Waals surface area contributed by atoms with E-state index in [1.54, 1.807) is 11.8 Å². The average molecular weight is 363 g/mol. The lowest BCUT2D eigenvalue weighted by Gasteiger charge is -2.16. The topological polar surface area (TPSA) is 26.3 Å². The van der Waals surface area contributed by atoms with Crippen LogP contribution in [0.1, 0.15) is 37.8 Å². The summed E-state index contributed by atoms with van der Waals surface area (Å²) in [6.07, 6.45) is 0.618. The van der Waals surface area contributed by atoms with E-state index in [4.69, 9.17) is 16.3 Å². The number of hydrogen-bond acceptors (Lipinski definition) is 3. The molecular weight excluding hydrogens is 340 g/mol. The van der Waals surface area contributed by atoms with Crippen LogP contribution < -0.4 is 0 Å². The summed E-state index contributed by atoms with van der Waals surface area (Å²) in [7, 11) is 0. The molecule has 0 aliphatic heterocycles. The molecule has 0 heterocycles. The number of halogens is 1.